The summed E-state index contributed by atoms with van der Waals surface area (Å²) in [6.45, 7) is 7.14. The fourth-order valence-electron chi connectivity index (χ4n) is 3.85. The summed E-state index contributed by atoms with van der Waals surface area (Å²) in [5.41, 5.74) is 0. The molecule has 116 valence electrons. The van der Waals surface area contributed by atoms with E-state index in [0.717, 1.165) is 31.1 Å². The zero-order valence-corrected chi connectivity index (χ0v) is 13.4. The Labute approximate surface area is 123 Å². The molecule has 5 atom stereocenters. The van der Waals surface area contributed by atoms with Crippen LogP contribution in [0.3, 0.4) is 0 Å². The summed E-state index contributed by atoms with van der Waals surface area (Å²) < 4.78 is 5.18. The van der Waals surface area contributed by atoms with Crippen LogP contribution in [0.4, 0.5) is 0 Å². The molecule has 20 heavy (non-hydrogen) atoms. The molecule has 0 aromatic carbocycles. The van der Waals surface area contributed by atoms with Gasteiger partial charge in [0, 0.05) is 12.1 Å². The molecule has 0 saturated heterocycles. The highest BCUT2D eigenvalue weighted by molar-refractivity contribution is 5.72. The lowest BCUT2D eigenvalue weighted by atomic mass is 9.78. The van der Waals surface area contributed by atoms with Crippen molar-refractivity contribution in [2.24, 2.45) is 17.8 Å². The van der Waals surface area contributed by atoms with E-state index in [4.69, 9.17) is 4.74 Å². The van der Waals surface area contributed by atoms with Crippen molar-refractivity contribution in [1.29, 1.82) is 0 Å². The fourth-order valence-corrected chi connectivity index (χ4v) is 3.85. The van der Waals surface area contributed by atoms with Gasteiger partial charge < -0.3 is 10.1 Å². The Morgan fingerprint density at radius 2 is 1.80 bits per heavy atom. The van der Waals surface area contributed by atoms with Gasteiger partial charge in [-0.15, -0.1) is 0 Å². The highest BCUT2D eigenvalue weighted by Crippen LogP contribution is 2.31. The van der Waals surface area contributed by atoms with Gasteiger partial charge in [-0.05, 0) is 57.3 Å². The van der Waals surface area contributed by atoms with E-state index in [1.165, 1.54) is 25.7 Å². The first-order valence-corrected chi connectivity index (χ1v) is 8.52. The predicted molar refractivity (Wildman–Crippen MR) is 81.5 cm³/mol. The molecule has 0 aromatic heterocycles. The number of hydrogen-bond acceptors (Lipinski definition) is 3. The maximum Gasteiger partial charge on any atom is 0.308 e. The zero-order valence-electron chi connectivity index (χ0n) is 13.4. The monoisotopic (exact) mass is 281 g/mol. The molecule has 0 aromatic rings. The molecular weight excluding hydrogens is 250 g/mol. The summed E-state index contributed by atoms with van der Waals surface area (Å²) >= 11 is 0. The molecule has 2 saturated carbocycles. The summed E-state index contributed by atoms with van der Waals surface area (Å²) in [7, 11) is 0. The van der Waals surface area contributed by atoms with Crippen LogP contribution in [0.5, 0.6) is 0 Å². The van der Waals surface area contributed by atoms with E-state index >= 15 is 0 Å². The lowest BCUT2D eigenvalue weighted by molar-refractivity contribution is -0.149. The van der Waals surface area contributed by atoms with E-state index < -0.39 is 0 Å². The largest absolute Gasteiger partial charge is 0.466 e. The molecule has 2 fully saturated rings. The minimum Gasteiger partial charge on any atom is -0.466 e. The smallest absolute Gasteiger partial charge is 0.308 e. The van der Waals surface area contributed by atoms with Crippen molar-refractivity contribution in [2.75, 3.05) is 6.61 Å². The van der Waals surface area contributed by atoms with Crippen molar-refractivity contribution in [1.82, 2.24) is 5.32 Å². The summed E-state index contributed by atoms with van der Waals surface area (Å²) in [5, 5.41) is 3.83. The van der Waals surface area contributed by atoms with Gasteiger partial charge in [-0.3, -0.25) is 4.79 Å². The lowest BCUT2D eigenvalue weighted by Gasteiger charge is -2.37. The van der Waals surface area contributed by atoms with Crippen LogP contribution in [-0.4, -0.2) is 24.7 Å². The fraction of sp³-hybridized carbons (Fsp3) is 0.941. The Balaban J connectivity index is 1.79. The molecule has 3 nitrogen and oxygen atoms in total. The Kier molecular flexibility index (Phi) is 5.88. The molecular formula is C17H31NO2. The molecule has 3 heteroatoms. The molecule has 0 spiro atoms. The number of carbonyl (C=O) groups excluding carboxylic acids is 1. The first kappa shape index (κ1) is 15.8. The van der Waals surface area contributed by atoms with Gasteiger partial charge in [-0.25, -0.2) is 0 Å². The van der Waals surface area contributed by atoms with E-state index in [-0.39, 0.29) is 11.9 Å². The number of hydrogen-bond donors (Lipinski definition) is 1. The van der Waals surface area contributed by atoms with Crippen LogP contribution in [-0.2, 0) is 9.53 Å². The van der Waals surface area contributed by atoms with Gasteiger partial charge in [0.15, 0.2) is 0 Å². The lowest BCUT2D eigenvalue weighted by Crippen LogP contribution is -2.45. The van der Waals surface area contributed by atoms with E-state index in [1.54, 1.807) is 0 Å². The van der Waals surface area contributed by atoms with Gasteiger partial charge in [-0.2, -0.15) is 0 Å². The van der Waals surface area contributed by atoms with E-state index in [9.17, 15) is 4.79 Å². The molecule has 0 amide bonds. The maximum atomic E-state index is 11.9. The molecule has 1 N–H and O–H groups in total. The molecule has 0 aliphatic heterocycles. The van der Waals surface area contributed by atoms with Crippen molar-refractivity contribution in [3.63, 3.8) is 0 Å². The van der Waals surface area contributed by atoms with E-state index in [1.807, 2.05) is 6.92 Å². The number of ether oxygens (including phenoxy) is 1. The van der Waals surface area contributed by atoms with Gasteiger partial charge in [0.05, 0.1) is 12.5 Å². The van der Waals surface area contributed by atoms with Crippen molar-refractivity contribution in [3.8, 4) is 0 Å². The van der Waals surface area contributed by atoms with E-state index in [2.05, 4.69) is 19.2 Å². The first-order valence-electron chi connectivity index (χ1n) is 8.52. The van der Waals surface area contributed by atoms with Crippen LogP contribution < -0.4 is 5.32 Å². The third-order valence-electron chi connectivity index (χ3n) is 5.36. The predicted octanol–water partition coefficient (Wildman–Crippen LogP) is 3.52. The minimum atomic E-state index is 0.0182. The SMILES string of the molecule is CCOC(=O)C1CCCC(NC2CCC(C)C(C)C2)C1. The number of nitrogens with one attached hydrogen (secondary N) is 1. The Hall–Kier alpha value is -0.570. The summed E-state index contributed by atoms with van der Waals surface area (Å²) in [6.07, 6.45) is 8.28. The highest BCUT2D eigenvalue weighted by Gasteiger charge is 2.31. The van der Waals surface area contributed by atoms with Crippen molar-refractivity contribution in [2.45, 2.75) is 77.8 Å². The van der Waals surface area contributed by atoms with Crippen LogP contribution >= 0.6 is 0 Å². The molecule has 5 unspecified atom stereocenters. The van der Waals surface area contributed by atoms with Crippen molar-refractivity contribution in [3.05, 3.63) is 0 Å². The molecule has 0 heterocycles. The van der Waals surface area contributed by atoms with Gasteiger partial charge >= 0.3 is 5.97 Å². The molecule has 2 aliphatic carbocycles. The van der Waals surface area contributed by atoms with Crippen LogP contribution in [0, 0.1) is 17.8 Å². The topological polar surface area (TPSA) is 38.3 Å². The molecule has 0 bridgehead atoms. The van der Waals surface area contributed by atoms with E-state index in [0.29, 0.717) is 18.7 Å². The van der Waals surface area contributed by atoms with Crippen LogP contribution in [0.2, 0.25) is 0 Å². The number of esters is 1. The second-order valence-corrected chi connectivity index (χ2v) is 6.94. The van der Waals surface area contributed by atoms with Gasteiger partial charge in [-0.1, -0.05) is 20.3 Å². The molecule has 0 radical (unpaired) electrons. The third kappa shape index (κ3) is 4.21. The highest BCUT2D eigenvalue weighted by atomic mass is 16.5. The normalized spacial score (nSPS) is 38.5. The maximum absolute atomic E-state index is 11.9. The third-order valence-corrected chi connectivity index (χ3v) is 5.36. The first-order chi connectivity index (χ1) is 9.60. The molecule has 2 aliphatic rings. The zero-order chi connectivity index (χ0) is 14.5. The van der Waals surface area contributed by atoms with Crippen molar-refractivity contribution < 1.29 is 9.53 Å². The van der Waals surface area contributed by atoms with Crippen molar-refractivity contribution >= 4 is 5.97 Å². The second kappa shape index (κ2) is 7.44. The summed E-state index contributed by atoms with van der Waals surface area (Å²) in [5.74, 6) is 1.84. The summed E-state index contributed by atoms with van der Waals surface area (Å²) in [4.78, 5) is 11.9. The van der Waals surface area contributed by atoms with Crippen LogP contribution in [0.15, 0.2) is 0 Å². The van der Waals surface area contributed by atoms with Gasteiger partial charge in [0.25, 0.3) is 0 Å². The number of rotatable bonds is 4. The molecule has 2 rings (SSSR count). The van der Waals surface area contributed by atoms with Crippen LogP contribution in [0.25, 0.3) is 0 Å². The van der Waals surface area contributed by atoms with Gasteiger partial charge in [0.2, 0.25) is 0 Å². The quantitative estimate of drug-likeness (QED) is 0.801. The Morgan fingerprint density at radius 3 is 2.50 bits per heavy atom. The standard InChI is InChI=1S/C17H31NO2/c1-4-20-17(19)14-6-5-7-15(11-14)18-16-9-8-12(2)13(3)10-16/h12-16,18H,4-11H2,1-3H3. The van der Waals surface area contributed by atoms with Crippen LogP contribution in [0.1, 0.15) is 65.7 Å². The Morgan fingerprint density at radius 1 is 1.05 bits per heavy atom. The Bertz CT molecular complexity index is 318. The summed E-state index contributed by atoms with van der Waals surface area (Å²) in [6, 6.07) is 1.18. The van der Waals surface area contributed by atoms with Gasteiger partial charge in [0.1, 0.15) is 0 Å². The average Bonchev–Trinajstić information content (AvgIpc) is 2.43. The minimum absolute atomic E-state index is 0.0182. The second-order valence-electron chi connectivity index (χ2n) is 6.94. The number of carbonyl (C=O) groups is 1. The average molecular weight is 281 g/mol.